The quantitative estimate of drug-likeness (QED) is 0.787. The van der Waals surface area contributed by atoms with Crippen molar-refractivity contribution < 1.29 is 9.23 Å². The fraction of sp³-hybridized carbons (Fsp3) is 0.538. The van der Waals surface area contributed by atoms with Crippen molar-refractivity contribution in [2.75, 3.05) is 6.61 Å². The fourth-order valence-corrected chi connectivity index (χ4v) is 3.27. The van der Waals surface area contributed by atoms with Gasteiger partial charge >= 0.3 is 0 Å². The molecule has 1 heterocycles. The number of halogens is 1. The van der Waals surface area contributed by atoms with Gasteiger partial charge in [-0.2, -0.15) is 5.48 Å². The second-order valence-electron chi connectivity index (χ2n) is 5.19. The minimum Gasteiger partial charge on any atom is -0.300 e. The van der Waals surface area contributed by atoms with Crippen molar-refractivity contribution in [1.29, 1.82) is 0 Å². The number of hydroxylamine groups is 1. The van der Waals surface area contributed by atoms with Crippen LogP contribution in [0.4, 0.5) is 4.39 Å². The number of fused-ring (bicyclic) bond motifs is 1. The van der Waals surface area contributed by atoms with Gasteiger partial charge in [-0.1, -0.05) is 31.5 Å². The zero-order valence-corrected chi connectivity index (χ0v) is 9.42. The van der Waals surface area contributed by atoms with Crippen LogP contribution in [-0.2, 0) is 10.4 Å². The van der Waals surface area contributed by atoms with Crippen molar-refractivity contribution >= 4 is 0 Å². The van der Waals surface area contributed by atoms with Crippen LogP contribution in [0.2, 0.25) is 0 Å². The van der Waals surface area contributed by atoms with Crippen molar-refractivity contribution in [2.24, 2.45) is 5.41 Å². The lowest BCUT2D eigenvalue weighted by molar-refractivity contribution is 0.0556. The molecule has 1 N–H and O–H groups in total. The highest BCUT2D eigenvalue weighted by Crippen LogP contribution is 2.55. The Morgan fingerprint density at radius 3 is 2.94 bits per heavy atom. The van der Waals surface area contributed by atoms with Gasteiger partial charge in [0.2, 0.25) is 0 Å². The lowest BCUT2D eigenvalue weighted by Crippen LogP contribution is -2.44. The van der Waals surface area contributed by atoms with Gasteiger partial charge in [-0.25, -0.2) is 4.39 Å². The average molecular weight is 221 g/mol. The van der Waals surface area contributed by atoms with Gasteiger partial charge in [0.15, 0.2) is 0 Å². The van der Waals surface area contributed by atoms with Gasteiger partial charge in [0.05, 0.1) is 12.1 Å². The number of hydrogen-bond donors (Lipinski definition) is 1. The van der Waals surface area contributed by atoms with Crippen LogP contribution < -0.4 is 5.48 Å². The Kier molecular flexibility index (Phi) is 2.10. The lowest BCUT2D eigenvalue weighted by atomic mass is 9.71. The molecule has 2 fully saturated rings. The summed E-state index contributed by atoms with van der Waals surface area (Å²) in [5.41, 5.74) is 3.55. The van der Waals surface area contributed by atoms with E-state index in [-0.39, 0.29) is 16.8 Å². The van der Waals surface area contributed by atoms with Gasteiger partial charge in [-0.3, -0.25) is 0 Å². The highest BCUT2D eigenvalue weighted by Gasteiger charge is 2.58. The first-order valence-corrected chi connectivity index (χ1v) is 5.82. The summed E-state index contributed by atoms with van der Waals surface area (Å²) in [7, 11) is 0. The SMILES string of the molecule is C[C@@]12CCC[C@]1(c1ccccc1F)NOC2. The predicted octanol–water partition coefficient (Wildman–Crippen LogP) is 2.75. The summed E-state index contributed by atoms with van der Waals surface area (Å²) < 4.78 is 13.9. The average Bonchev–Trinajstić information content (AvgIpc) is 2.72. The van der Waals surface area contributed by atoms with Crippen LogP contribution in [0.15, 0.2) is 24.3 Å². The summed E-state index contributed by atoms with van der Waals surface area (Å²) in [6, 6.07) is 7.03. The fourth-order valence-electron chi connectivity index (χ4n) is 3.27. The van der Waals surface area contributed by atoms with Crippen molar-refractivity contribution in [1.82, 2.24) is 5.48 Å². The maximum Gasteiger partial charge on any atom is 0.128 e. The molecule has 1 aromatic carbocycles. The van der Waals surface area contributed by atoms with Crippen LogP contribution >= 0.6 is 0 Å². The molecule has 16 heavy (non-hydrogen) atoms. The first-order chi connectivity index (χ1) is 7.68. The predicted molar refractivity (Wildman–Crippen MR) is 59.1 cm³/mol. The standard InChI is InChI=1S/C13H16FNO/c1-12-7-4-8-13(12,15-16-9-12)10-5-2-3-6-11(10)14/h2-3,5-6,15H,4,7-9H2,1H3/t12-,13+/m0/s1. The third-order valence-electron chi connectivity index (χ3n) is 4.28. The Bertz CT molecular complexity index is 408. The molecule has 1 aromatic rings. The zero-order chi connectivity index (χ0) is 11.2. The molecule has 1 saturated heterocycles. The second kappa shape index (κ2) is 3.28. The number of benzene rings is 1. The van der Waals surface area contributed by atoms with Crippen LogP contribution in [0.25, 0.3) is 0 Å². The lowest BCUT2D eigenvalue weighted by Gasteiger charge is -2.35. The molecule has 1 aliphatic carbocycles. The van der Waals surface area contributed by atoms with Gasteiger partial charge in [-0.05, 0) is 18.9 Å². The van der Waals surface area contributed by atoms with E-state index < -0.39 is 0 Å². The summed E-state index contributed by atoms with van der Waals surface area (Å²) in [5, 5.41) is 0. The van der Waals surface area contributed by atoms with E-state index >= 15 is 0 Å². The summed E-state index contributed by atoms with van der Waals surface area (Å²) in [5.74, 6) is -0.131. The topological polar surface area (TPSA) is 21.3 Å². The maximum absolute atomic E-state index is 13.9. The highest BCUT2D eigenvalue weighted by molar-refractivity contribution is 5.31. The van der Waals surface area contributed by atoms with Gasteiger partial charge < -0.3 is 4.84 Å². The van der Waals surface area contributed by atoms with E-state index in [1.54, 1.807) is 6.07 Å². The Hall–Kier alpha value is -0.930. The number of rotatable bonds is 1. The summed E-state index contributed by atoms with van der Waals surface area (Å²) in [6.07, 6.45) is 3.17. The van der Waals surface area contributed by atoms with Gasteiger partial charge in [0, 0.05) is 11.0 Å². The van der Waals surface area contributed by atoms with Crippen molar-refractivity contribution in [3.8, 4) is 0 Å². The Balaban J connectivity index is 2.14. The molecule has 2 aliphatic rings. The van der Waals surface area contributed by atoms with Gasteiger partial charge in [0.25, 0.3) is 0 Å². The molecule has 0 amide bonds. The molecule has 0 spiro atoms. The Labute approximate surface area is 94.8 Å². The van der Waals surface area contributed by atoms with Crippen LogP contribution in [-0.4, -0.2) is 6.61 Å². The molecular formula is C13H16FNO. The smallest absolute Gasteiger partial charge is 0.128 e. The summed E-state index contributed by atoms with van der Waals surface area (Å²) in [6.45, 7) is 2.85. The zero-order valence-electron chi connectivity index (χ0n) is 9.42. The van der Waals surface area contributed by atoms with E-state index in [0.29, 0.717) is 6.61 Å². The Morgan fingerprint density at radius 1 is 1.31 bits per heavy atom. The van der Waals surface area contributed by atoms with E-state index in [0.717, 1.165) is 24.8 Å². The minimum atomic E-state index is -0.321. The molecule has 0 aromatic heterocycles. The van der Waals surface area contributed by atoms with Crippen molar-refractivity contribution in [3.05, 3.63) is 35.6 Å². The second-order valence-corrected chi connectivity index (χ2v) is 5.19. The molecule has 0 bridgehead atoms. The minimum absolute atomic E-state index is 0.0230. The summed E-state index contributed by atoms with van der Waals surface area (Å²) >= 11 is 0. The van der Waals surface area contributed by atoms with E-state index in [4.69, 9.17) is 4.84 Å². The molecule has 86 valence electrons. The Morgan fingerprint density at radius 2 is 2.12 bits per heavy atom. The van der Waals surface area contributed by atoms with E-state index in [1.165, 1.54) is 6.07 Å². The molecule has 1 saturated carbocycles. The number of nitrogens with one attached hydrogen (secondary N) is 1. The monoisotopic (exact) mass is 221 g/mol. The maximum atomic E-state index is 13.9. The van der Waals surface area contributed by atoms with Crippen LogP contribution in [0, 0.1) is 11.2 Å². The molecule has 1 aliphatic heterocycles. The third kappa shape index (κ3) is 1.13. The molecule has 2 atom stereocenters. The molecule has 0 radical (unpaired) electrons. The van der Waals surface area contributed by atoms with Crippen LogP contribution in [0.1, 0.15) is 31.7 Å². The van der Waals surface area contributed by atoms with E-state index in [9.17, 15) is 4.39 Å². The molecule has 3 heteroatoms. The van der Waals surface area contributed by atoms with Crippen molar-refractivity contribution in [2.45, 2.75) is 31.7 Å². The number of hydrogen-bond acceptors (Lipinski definition) is 2. The normalized spacial score (nSPS) is 37.6. The summed E-state index contributed by atoms with van der Waals surface area (Å²) in [4.78, 5) is 5.41. The highest BCUT2D eigenvalue weighted by atomic mass is 19.1. The van der Waals surface area contributed by atoms with Gasteiger partial charge in [-0.15, -0.1) is 0 Å². The molecule has 2 nitrogen and oxygen atoms in total. The molecular weight excluding hydrogens is 205 g/mol. The largest absolute Gasteiger partial charge is 0.300 e. The van der Waals surface area contributed by atoms with Gasteiger partial charge in [0.1, 0.15) is 5.82 Å². The molecule has 3 rings (SSSR count). The molecule has 0 unspecified atom stereocenters. The van der Waals surface area contributed by atoms with E-state index in [2.05, 4.69) is 12.4 Å². The first-order valence-electron chi connectivity index (χ1n) is 5.82. The van der Waals surface area contributed by atoms with Crippen molar-refractivity contribution in [3.63, 3.8) is 0 Å². The third-order valence-corrected chi connectivity index (χ3v) is 4.28. The first kappa shape index (κ1) is 10.2. The van der Waals surface area contributed by atoms with E-state index in [1.807, 2.05) is 12.1 Å². The van der Waals surface area contributed by atoms with Crippen LogP contribution in [0.5, 0.6) is 0 Å². The van der Waals surface area contributed by atoms with Crippen LogP contribution in [0.3, 0.4) is 0 Å².